The molecular weight excluding hydrogens is 268 g/mol. The Bertz CT molecular complexity index is 509. The SMILES string of the molecule is CC1CCN(C(=O)c2ccc3c(c2)N(C)CCS3)CC1. The van der Waals surface area contributed by atoms with E-state index in [-0.39, 0.29) is 5.91 Å². The van der Waals surface area contributed by atoms with Gasteiger partial charge in [0, 0.05) is 42.9 Å². The molecule has 3 rings (SSSR count). The largest absolute Gasteiger partial charge is 0.373 e. The second kappa shape index (κ2) is 5.68. The third-order valence-electron chi connectivity index (χ3n) is 4.37. The molecule has 4 heteroatoms. The predicted octanol–water partition coefficient (Wildman–Crippen LogP) is 3.10. The summed E-state index contributed by atoms with van der Waals surface area (Å²) in [5.41, 5.74) is 2.05. The van der Waals surface area contributed by atoms with Gasteiger partial charge in [-0.15, -0.1) is 11.8 Å². The van der Waals surface area contributed by atoms with Gasteiger partial charge in [0.1, 0.15) is 0 Å². The molecule has 20 heavy (non-hydrogen) atoms. The minimum atomic E-state index is 0.198. The van der Waals surface area contributed by atoms with Crippen LogP contribution in [0.25, 0.3) is 0 Å². The number of rotatable bonds is 1. The number of likely N-dealkylation sites (tertiary alicyclic amines) is 1. The van der Waals surface area contributed by atoms with Crippen LogP contribution in [0.2, 0.25) is 0 Å². The number of benzene rings is 1. The van der Waals surface area contributed by atoms with Crippen LogP contribution in [0.15, 0.2) is 23.1 Å². The van der Waals surface area contributed by atoms with Gasteiger partial charge in [-0.2, -0.15) is 0 Å². The number of anilines is 1. The number of carbonyl (C=O) groups excluding carboxylic acids is 1. The predicted molar refractivity (Wildman–Crippen MR) is 84.7 cm³/mol. The lowest BCUT2D eigenvalue weighted by Gasteiger charge is -2.31. The molecule has 0 saturated carbocycles. The average molecular weight is 290 g/mol. The molecule has 1 fully saturated rings. The van der Waals surface area contributed by atoms with Gasteiger partial charge in [-0.1, -0.05) is 6.92 Å². The van der Waals surface area contributed by atoms with Crippen LogP contribution in [0.1, 0.15) is 30.1 Å². The molecule has 2 aliphatic rings. The van der Waals surface area contributed by atoms with E-state index in [2.05, 4.69) is 31.0 Å². The van der Waals surface area contributed by atoms with E-state index in [1.165, 1.54) is 10.6 Å². The van der Waals surface area contributed by atoms with Crippen molar-refractivity contribution in [1.82, 2.24) is 4.90 Å². The lowest BCUT2D eigenvalue weighted by Crippen LogP contribution is -2.38. The fourth-order valence-electron chi connectivity index (χ4n) is 2.88. The summed E-state index contributed by atoms with van der Waals surface area (Å²) in [7, 11) is 2.11. The molecule has 0 N–H and O–H groups in total. The first-order valence-corrected chi connectivity index (χ1v) is 8.41. The van der Waals surface area contributed by atoms with Crippen LogP contribution in [0.4, 0.5) is 5.69 Å². The van der Waals surface area contributed by atoms with Crippen molar-refractivity contribution >= 4 is 23.4 Å². The molecule has 0 atom stereocenters. The lowest BCUT2D eigenvalue weighted by atomic mass is 9.98. The highest BCUT2D eigenvalue weighted by molar-refractivity contribution is 7.99. The number of fused-ring (bicyclic) bond motifs is 1. The Hall–Kier alpha value is -1.16. The maximum Gasteiger partial charge on any atom is 0.253 e. The first-order valence-electron chi connectivity index (χ1n) is 7.42. The topological polar surface area (TPSA) is 23.6 Å². The molecule has 1 aromatic carbocycles. The number of hydrogen-bond donors (Lipinski definition) is 0. The molecule has 0 aromatic heterocycles. The average Bonchev–Trinajstić information content (AvgIpc) is 2.47. The van der Waals surface area contributed by atoms with Crippen molar-refractivity contribution in [2.75, 3.05) is 37.3 Å². The zero-order valence-corrected chi connectivity index (χ0v) is 13.1. The van der Waals surface area contributed by atoms with E-state index in [1.807, 2.05) is 22.7 Å². The maximum atomic E-state index is 12.6. The molecule has 0 radical (unpaired) electrons. The number of amides is 1. The fraction of sp³-hybridized carbons (Fsp3) is 0.562. The quantitative estimate of drug-likeness (QED) is 0.794. The molecule has 1 amide bonds. The molecule has 0 unspecified atom stereocenters. The van der Waals surface area contributed by atoms with Gasteiger partial charge in [0.05, 0.1) is 5.69 Å². The van der Waals surface area contributed by atoms with Crippen molar-refractivity contribution in [1.29, 1.82) is 0 Å². The van der Waals surface area contributed by atoms with E-state index >= 15 is 0 Å². The van der Waals surface area contributed by atoms with Crippen LogP contribution in [-0.2, 0) is 0 Å². The molecule has 1 saturated heterocycles. The normalized spacial score (nSPS) is 19.9. The van der Waals surface area contributed by atoms with Gasteiger partial charge in [0.25, 0.3) is 5.91 Å². The van der Waals surface area contributed by atoms with Gasteiger partial charge in [-0.25, -0.2) is 0 Å². The van der Waals surface area contributed by atoms with E-state index in [1.54, 1.807) is 0 Å². The van der Waals surface area contributed by atoms with Crippen LogP contribution < -0.4 is 4.90 Å². The van der Waals surface area contributed by atoms with Gasteiger partial charge in [0.2, 0.25) is 0 Å². The van der Waals surface area contributed by atoms with Gasteiger partial charge in [-0.05, 0) is 37.0 Å². The van der Waals surface area contributed by atoms with Crippen molar-refractivity contribution in [3.05, 3.63) is 23.8 Å². The molecule has 0 bridgehead atoms. The standard InChI is InChI=1S/C16H22N2OS/c1-12-5-7-18(8-6-12)16(19)13-3-4-15-14(11-13)17(2)9-10-20-15/h3-4,11-12H,5-10H2,1-2H3. The molecule has 0 aliphatic carbocycles. The summed E-state index contributed by atoms with van der Waals surface area (Å²) in [6.45, 7) is 5.13. The summed E-state index contributed by atoms with van der Waals surface area (Å²) in [5, 5.41) is 0. The number of carbonyl (C=O) groups is 1. The van der Waals surface area contributed by atoms with Crippen molar-refractivity contribution in [2.24, 2.45) is 5.92 Å². The maximum absolute atomic E-state index is 12.6. The van der Waals surface area contributed by atoms with E-state index in [9.17, 15) is 4.79 Å². The third-order valence-corrected chi connectivity index (χ3v) is 5.42. The van der Waals surface area contributed by atoms with Crippen molar-refractivity contribution in [3.8, 4) is 0 Å². The Balaban J connectivity index is 1.80. The van der Waals surface area contributed by atoms with Gasteiger partial charge < -0.3 is 9.80 Å². The second-order valence-corrected chi connectivity index (χ2v) is 7.06. The summed E-state index contributed by atoms with van der Waals surface area (Å²) in [4.78, 5) is 18.2. The fourth-order valence-corrected chi connectivity index (χ4v) is 3.99. The summed E-state index contributed by atoms with van der Waals surface area (Å²) in [6.07, 6.45) is 2.26. The van der Waals surface area contributed by atoms with Crippen molar-refractivity contribution in [3.63, 3.8) is 0 Å². The Morgan fingerprint density at radius 3 is 2.75 bits per heavy atom. The number of nitrogens with zero attached hydrogens (tertiary/aromatic N) is 2. The van der Waals surface area contributed by atoms with E-state index in [4.69, 9.17) is 0 Å². The first-order chi connectivity index (χ1) is 9.65. The first kappa shape index (κ1) is 13.8. The lowest BCUT2D eigenvalue weighted by molar-refractivity contribution is 0.0697. The molecule has 2 heterocycles. The molecule has 108 valence electrons. The van der Waals surface area contributed by atoms with E-state index < -0.39 is 0 Å². The van der Waals surface area contributed by atoms with Crippen LogP contribution in [0, 0.1) is 5.92 Å². The number of thioether (sulfide) groups is 1. The molecule has 3 nitrogen and oxygen atoms in total. The Morgan fingerprint density at radius 1 is 1.25 bits per heavy atom. The van der Waals surface area contributed by atoms with Crippen LogP contribution in [0.3, 0.4) is 0 Å². The van der Waals surface area contributed by atoms with Gasteiger partial charge in [0.15, 0.2) is 0 Å². The zero-order chi connectivity index (χ0) is 14.1. The summed E-state index contributed by atoms with van der Waals surface area (Å²) in [5.74, 6) is 2.08. The Kier molecular flexibility index (Phi) is 3.92. The van der Waals surface area contributed by atoms with Crippen LogP contribution in [0.5, 0.6) is 0 Å². The van der Waals surface area contributed by atoms with Gasteiger partial charge in [-0.3, -0.25) is 4.79 Å². The van der Waals surface area contributed by atoms with Crippen LogP contribution in [-0.4, -0.2) is 43.2 Å². The molecule has 2 aliphatic heterocycles. The summed E-state index contributed by atoms with van der Waals surface area (Å²) < 4.78 is 0. The Labute approximate surface area is 125 Å². The highest BCUT2D eigenvalue weighted by Gasteiger charge is 2.23. The second-order valence-electron chi connectivity index (χ2n) is 5.93. The van der Waals surface area contributed by atoms with Crippen LogP contribution >= 0.6 is 11.8 Å². The smallest absolute Gasteiger partial charge is 0.253 e. The summed E-state index contributed by atoms with van der Waals surface area (Å²) >= 11 is 1.88. The van der Waals surface area contributed by atoms with E-state index in [0.29, 0.717) is 0 Å². The van der Waals surface area contributed by atoms with Gasteiger partial charge >= 0.3 is 0 Å². The third kappa shape index (κ3) is 2.66. The molecular formula is C16H22N2OS. The highest BCUT2D eigenvalue weighted by Crippen LogP contribution is 2.34. The monoisotopic (exact) mass is 290 g/mol. The van der Waals surface area contributed by atoms with E-state index in [0.717, 1.165) is 49.7 Å². The number of hydrogen-bond acceptors (Lipinski definition) is 3. The van der Waals surface area contributed by atoms with Crippen molar-refractivity contribution < 1.29 is 4.79 Å². The number of piperidine rings is 1. The van der Waals surface area contributed by atoms with Crippen molar-refractivity contribution in [2.45, 2.75) is 24.7 Å². The molecule has 1 aromatic rings. The summed E-state index contributed by atoms with van der Waals surface area (Å²) in [6, 6.07) is 6.17. The minimum absolute atomic E-state index is 0.198. The Morgan fingerprint density at radius 2 is 2.00 bits per heavy atom. The zero-order valence-electron chi connectivity index (χ0n) is 12.3. The minimum Gasteiger partial charge on any atom is -0.373 e. The molecule has 0 spiro atoms. The highest BCUT2D eigenvalue weighted by atomic mass is 32.2.